The number of ether oxygens (including phenoxy) is 4. The van der Waals surface area contributed by atoms with Crippen LogP contribution < -0.4 is 5.32 Å². The van der Waals surface area contributed by atoms with Gasteiger partial charge >= 0.3 is 0 Å². The van der Waals surface area contributed by atoms with Crippen LogP contribution in [-0.4, -0.2) is 64.9 Å². The second kappa shape index (κ2) is 10.1. The number of hydrogen-bond donors (Lipinski definition) is 1. The quantitative estimate of drug-likeness (QED) is 0.503. The Morgan fingerprint density at radius 2 is 1.60 bits per heavy atom. The highest BCUT2D eigenvalue weighted by Gasteiger charge is 2.32. The minimum Gasteiger partial charge on any atom is -0.382 e. The summed E-state index contributed by atoms with van der Waals surface area (Å²) in [6, 6.07) is 2.76. The number of rotatable bonds is 13. The van der Waals surface area contributed by atoms with E-state index in [-0.39, 0.29) is 0 Å². The predicted octanol–water partition coefficient (Wildman–Crippen LogP) is 0.717. The summed E-state index contributed by atoms with van der Waals surface area (Å²) in [6.07, 6.45) is 2.31. The molecule has 0 aromatic heterocycles. The first-order valence-electron chi connectivity index (χ1n) is 7.11. The number of nitrogens with one attached hydrogen (secondary N) is 1. The summed E-state index contributed by atoms with van der Waals surface area (Å²) in [5.74, 6) is 0. The van der Waals surface area contributed by atoms with Gasteiger partial charge < -0.3 is 18.9 Å². The predicted molar refractivity (Wildman–Crippen MR) is 74.5 cm³/mol. The van der Waals surface area contributed by atoms with E-state index < -0.39 is 5.54 Å². The summed E-state index contributed by atoms with van der Waals surface area (Å²) in [4.78, 5) is 0. The molecule has 0 aromatic rings. The van der Waals surface area contributed by atoms with Crippen molar-refractivity contribution in [1.82, 2.24) is 5.32 Å². The van der Waals surface area contributed by atoms with Crippen molar-refractivity contribution in [1.29, 1.82) is 5.26 Å². The molecule has 116 valence electrons. The van der Waals surface area contributed by atoms with E-state index in [4.69, 9.17) is 24.2 Å². The van der Waals surface area contributed by atoms with Gasteiger partial charge in [-0.1, -0.05) is 0 Å². The van der Waals surface area contributed by atoms with Crippen LogP contribution in [0.3, 0.4) is 0 Å². The van der Waals surface area contributed by atoms with Gasteiger partial charge in [-0.3, -0.25) is 5.32 Å². The normalized spacial score (nSPS) is 17.6. The zero-order valence-corrected chi connectivity index (χ0v) is 12.5. The average molecular weight is 286 g/mol. The number of methoxy groups -OCH3 is 1. The van der Waals surface area contributed by atoms with Crippen molar-refractivity contribution in [2.24, 2.45) is 0 Å². The minimum atomic E-state index is -0.593. The van der Waals surface area contributed by atoms with Crippen LogP contribution in [-0.2, 0) is 18.9 Å². The van der Waals surface area contributed by atoms with Crippen LogP contribution in [0.5, 0.6) is 0 Å². The highest BCUT2D eigenvalue weighted by molar-refractivity contribution is 5.07. The second-order valence-electron chi connectivity index (χ2n) is 5.13. The van der Waals surface area contributed by atoms with E-state index in [1.807, 2.05) is 6.92 Å². The van der Waals surface area contributed by atoms with E-state index >= 15 is 0 Å². The molecule has 0 aliphatic heterocycles. The van der Waals surface area contributed by atoms with Gasteiger partial charge in [0.15, 0.2) is 0 Å². The molecular formula is C14H26N2O4. The third-order valence-corrected chi connectivity index (χ3v) is 2.91. The Kier molecular flexibility index (Phi) is 8.74. The number of nitriles is 1. The summed E-state index contributed by atoms with van der Waals surface area (Å²) >= 11 is 0. The lowest BCUT2D eigenvalue weighted by molar-refractivity contribution is -0.00191. The molecular weight excluding hydrogens is 260 g/mol. The Morgan fingerprint density at radius 1 is 1.05 bits per heavy atom. The van der Waals surface area contributed by atoms with Crippen LogP contribution >= 0.6 is 0 Å². The van der Waals surface area contributed by atoms with Crippen molar-refractivity contribution < 1.29 is 18.9 Å². The van der Waals surface area contributed by atoms with Gasteiger partial charge in [-0.05, 0) is 19.8 Å². The largest absolute Gasteiger partial charge is 0.382 e. The lowest BCUT2D eigenvalue weighted by Gasteiger charge is -2.23. The lowest BCUT2D eigenvalue weighted by Crippen LogP contribution is -2.46. The summed E-state index contributed by atoms with van der Waals surface area (Å²) in [7, 11) is 1.64. The molecule has 1 rings (SSSR count). The van der Waals surface area contributed by atoms with E-state index in [1.54, 1.807) is 7.11 Å². The third kappa shape index (κ3) is 8.46. The summed E-state index contributed by atoms with van der Waals surface area (Å²) < 4.78 is 21.0. The van der Waals surface area contributed by atoms with Gasteiger partial charge in [-0.25, -0.2) is 0 Å². The molecule has 1 fully saturated rings. The molecule has 0 saturated heterocycles. The molecule has 0 radical (unpaired) electrons. The highest BCUT2D eigenvalue weighted by atomic mass is 16.6. The molecule has 0 bridgehead atoms. The molecule has 0 amide bonds. The standard InChI is InChI=1S/C14H26N2O4/c1-14(11-15,16-13-3-4-13)12-20-10-9-19-8-7-18-6-5-17-2/h13,16H,3-10,12H2,1-2H3. The van der Waals surface area contributed by atoms with Gasteiger partial charge in [0.05, 0.1) is 52.3 Å². The molecule has 0 aromatic carbocycles. The molecule has 20 heavy (non-hydrogen) atoms. The van der Waals surface area contributed by atoms with Crippen LogP contribution in [0.15, 0.2) is 0 Å². The second-order valence-corrected chi connectivity index (χ2v) is 5.13. The summed E-state index contributed by atoms with van der Waals surface area (Å²) in [6.45, 7) is 5.54. The zero-order chi connectivity index (χ0) is 14.7. The lowest BCUT2D eigenvalue weighted by atomic mass is 10.1. The molecule has 1 aliphatic rings. The Labute approximate surface area is 121 Å². The van der Waals surface area contributed by atoms with Crippen LogP contribution in [0, 0.1) is 11.3 Å². The van der Waals surface area contributed by atoms with Crippen LogP contribution in [0.1, 0.15) is 19.8 Å². The fraction of sp³-hybridized carbons (Fsp3) is 0.929. The topological polar surface area (TPSA) is 72.7 Å². The van der Waals surface area contributed by atoms with Gasteiger partial charge in [0.1, 0.15) is 5.54 Å². The maximum absolute atomic E-state index is 9.15. The highest BCUT2D eigenvalue weighted by Crippen LogP contribution is 2.22. The fourth-order valence-corrected chi connectivity index (χ4v) is 1.64. The summed E-state index contributed by atoms with van der Waals surface area (Å²) in [5, 5.41) is 12.4. The molecule has 1 atom stereocenters. The molecule has 0 spiro atoms. The number of hydrogen-bond acceptors (Lipinski definition) is 6. The molecule has 1 saturated carbocycles. The van der Waals surface area contributed by atoms with Crippen LogP contribution in [0.25, 0.3) is 0 Å². The Hall–Kier alpha value is -0.710. The Balaban J connectivity index is 1.89. The Morgan fingerprint density at radius 3 is 2.10 bits per heavy atom. The van der Waals surface area contributed by atoms with Gasteiger partial charge in [0.25, 0.3) is 0 Å². The van der Waals surface area contributed by atoms with Gasteiger partial charge in [-0.15, -0.1) is 0 Å². The van der Waals surface area contributed by atoms with Gasteiger partial charge in [0, 0.05) is 13.2 Å². The van der Waals surface area contributed by atoms with E-state index in [0.717, 1.165) is 12.8 Å². The number of nitrogens with zero attached hydrogens (tertiary/aromatic N) is 1. The molecule has 6 heteroatoms. The maximum atomic E-state index is 9.15. The van der Waals surface area contributed by atoms with Crippen molar-refractivity contribution in [3.8, 4) is 6.07 Å². The average Bonchev–Trinajstić information content (AvgIpc) is 3.25. The SMILES string of the molecule is COCCOCCOCCOCC(C)(C#N)NC1CC1. The first-order valence-corrected chi connectivity index (χ1v) is 7.11. The van der Waals surface area contributed by atoms with E-state index in [0.29, 0.717) is 52.3 Å². The van der Waals surface area contributed by atoms with Gasteiger partial charge in [-0.2, -0.15) is 5.26 Å². The third-order valence-electron chi connectivity index (χ3n) is 2.91. The minimum absolute atomic E-state index is 0.383. The van der Waals surface area contributed by atoms with E-state index in [9.17, 15) is 0 Å². The maximum Gasteiger partial charge on any atom is 0.127 e. The van der Waals surface area contributed by atoms with Crippen molar-refractivity contribution >= 4 is 0 Å². The van der Waals surface area contributed by atoms with E-state index in [1.165, 1.54) is 0 Å². The zero-order valence-electron chi connectivity index (χ0n) is 12.5. The van der Waals surface area contributed by atoms with Crippen molar-refractivity contribution in [3.05, 3.63) is 0 Å². The smallest absolute Gasteiger partial charge is 0.127 e. The molecule has 1 aliphatic carbocycles. The molecule has 1 unspecified atom stereocenters. The van der Waals surface area contributed by atoms with Crippen molar-refractivity contribution in [2.45, 2.75) is 31.3 Å². The first kappa shape index (κ1) is 17.3. The Bertz CT molecular complexity index is 291. The fourth-order valence-electron chi connectivity index (χ4n) is 1.64. The first-order chi connectivity index (χ1) is 9.70. The summed E-state index contributed by atoms with van der Waals surface area (Å²) in [5.41, 5.74) is -0.593. The molecule has 1 N–H and O–H groups in total. The van der Waals surface area contributed by atoms with Gasteiger partial charge in [0.2, 0.25) is 0 Å². The molecule has 6 nitrogen and oxygen atoms in total. The van der Waals surface area contributed by atoms with Crippen molar-refractivity contribution in [2.75, 3.05) is 53.4 Å². The monoisotopic (exact) mass is 286 g/mol. The van der Waals surface area contributed by atoms with Crippen LogP contribution in [0.4, 0.5) is 0 Å². The molecule has 0 heterocycles. The van der Waals surface area contributed by atoms with E-state index in [2.05, 4.69) is 11.4 Å². The van der Waals surface area contributed by atoms with Crippen molar-refractivity contribution in [3.63, 3.8) is 0 Å². The van der Waals surface area contributed by atoms with Crippen LogP contribution in [0.2, 0.25) is 0 Å².